The summed E-state index contributed by atoms with van der Waals surface area (Å²) in [5.41, 5.74) is 3.73. The van der Waals surface area contributed by atoms with Crippen molar-refractivity contribution in [3.8, 4) is 5.75 Å². The third-order valence-electron chi connectivity index (χ3n) is 4.52. The van der Waals surface area contributed by atoms with E-state index in [0.717, 1.165) is 24.8 Å². The van der Waals surface area contributed by atoms with Gasteiger partial charge < -0.3 is 4.84 Å². The highest BCUT2D eigenvalue weighted by Crippen LogP contribution is 2.19. The minimum atomic E-state index is -3.90. The molecule has 0 aliphatic rings. The van der Waals surface area contributed by atoms with E-state index < -0.39 is 21.7 Å². The number of hydrogen-bond acceptors (Lipinski definition) is 4. The van der Waals surface area contributed by atoms with Crippen molar-refractivity contribution in [2.24, 2.45) is 0 Å². The summed E-state index contributed by atoms with van der Waals surface area (Å²) >= 11 is 0. The van der Waals surface area contributed by atoms with Crippen LogP contribution in [0.4, 0.5) is 10.1 Å². The third kappa shape index (κ3) is 6.05. The molecule has 0 aliphatic carbocycles. The molecule has 31 heavy (non-hydrogen) atoms. The van der Waals surface area contributed by atoms with Crippen LogP contribution < -0.4 is 15.0 Å². The van der Waals surface area contributed by atoms with Gasteiger partial charge in [0.1, 0.15) is 0 Å². The Balaban J connectivity index is 1.69. The maximum absolute atomic E-state index is 13.6. The summed E-state index contributed by atoms with van der Waals surface area (Å²) in [6, 6.07) is 18.3. The second kappa shape index (κ2) is 10.1. The Bertz CT molecular complexity index is 1150. The molecule has 0 aromatic heterocycles. The average Bonchev–Trinajstić information content (AvgIpc) is 2.78. The molecular weight excluding hydrogens is 419 g/mol. The maximum atomic E-state index is 13.6. The van der Waals surface area contributed by atoms with Crippen molar-refractivity contribution in [3.63, 3.8) is 0 Å². The Morgan fingerprint density at radius 1 is 1.00 bits per heavy atom. The van der Waals surface area contributed by atoms with Gasteiger partial charge >= 0.3 is 0 Å². The molecule has 0 spiro atoms. The van der Waals surface area contributed by atoms with Gasteiger partial charge in [0.2, 0.25) is 0 Å². The van der Waals surface area contributed by atoms with Crippen LogP contribution in [0.3, 0.4) is 0 Å². The second-order valence-corrected chi connectivity index (χ2v) is 8.58. The van der Waals surface area contributed by atoms with Crippen molar-refractivity contribution in [1.82, 2.24) is 5.48 Å². The van der Waals surface area contributed by atoms with Crippen LogP contribution in [0.1, 0.15) is 35.7 Å². The zero-order valence-electron chi connectivity index (χ0n) is 17.0. The number of sulfonamides is 1. The summed E-state index contributed by atoms with van der Waals surface area (Å²) in [5, 5.41) is 0. The predicted molar refractivity (Wildman–Crippen MR) is 117 cm³/mol. The number of unbranched alkanes of at least 4 members (excludes halogenated alkanes) is 1. The average molecular weight is 443 g/mol. The van der Waals surface area contributed by atoms with Crippen molar-refractivity contribution in [3.05, 3.63) is 89.7 Å². The van der Waals surface area contributed by atoms with E-state index in [0.29, 0.717) is 5.69 Å². The van der Waals surface area contributed by atoms with E-state index in [1.165, 1.54) is 42.5 Å². The standard InChI is InChI=1S/C23H23FN2O4S/c1-2-3-7-17-12-14-19(15-13-17)26-31(28,29)20-9-6-8-18(16-20)23(27)25-30-22-11-5-4-10-21(22)24/h4-6,8-16,26H,2-3,7H2,1H3,(H,25,27). The molecule has 0 saturated carbocycles. The molecule has 0 bridgehead atoms. The maximum Gasteiger partial charge on any atom is 0.283 e. The van der Waals surface area contributed by atoms with Crippen LogP contribution in [0.15, 0.2) is 77.7 Å². The smallest absolute Gasteiger partial charge is 0.283 e. The van der Waals surface area contributed by atoms with Crippen LogP contribution in [0.5, 0.6) is 5.75 Å². The molecule has 162 valence electrons. The number of benzene rings is 3. The number of amides is 1. The summed E-state index contributed by atoms with van der Waals surface area (Å²) in [6.07, 6.45) is 3.10. The lowest BCUT2D eigenvalue weighted by Crippen LogP contribution is -2.27. The number of nitrogens with one attached hydrogen (secondary N) is 2. The fourth-order valence-corrected chi connectivity index (χ4v) is 3.93. The van der Waals surface area contributed by atoms with Gasteiger partial charge in [0.05, 0.1) is 4.90 Å². The Hall–Kier alpha value is -3.39. The number of rotatable bonds is 9. The number of anilines is 1. The van der Waals surface area contributed by atoms with Crippen LogP contribution >= 0.6 is 0 Å². The molecule has 0 atom stereocenters. The summed E-state index contributed by atoms with van der Waals surface area (Å²) in [5.74, 6) is -1.49. The van der Waals surface area contributed by atoms with E-state index in [2.05, 4.69) is 17.1 Å². The number of para-hydroxylation sites is 1. The molecule has 0 aliphatic heterocycles. The molecule has 0 fully saturated rings. The normalized spacial score (nSPS) is 11.0. The van der Waals surface area contributed by atoms with Crippen molar-refractivity contribution >= 4 is 21.6 Å². The van der Waals surface area contributed by atoms with Gasteiger partial charge in [0.25, 0.3) is 15.9 Å². The van der Waals surface area contributed by atoms with E-state index in [9.17, 15) is 17.6 Å². The molecule has 3 aromatic carbocycles. The molecule has 8 heteroatoms. The van der Waals surface area contributed by atoms with E-state index in [1.54, 1.807) is 18.2 Å². The first-order chi connectivity index (χ1) is 14.9. The van der Waals surface area contributed by atoms with Gasteiger partial charge in [-0.15, -0.1) is 0 Å². The van der Waals surface area contributed by atoms with Crippen LogP contribution in [0.2, 0.25) is 0 Å². The Labute approximate surface area is 181 Å². The third-order valence-corrected chi connectivity index (χ3v) is 5.90. The summed E-state index contributed by atoms with van der Waals surface area (Å²) in [4.78, 5) is 17.2. The molecule has 0 saturated heterocycles. The zero-order chi connectivity index (χ0) is 22.3. The summed E-state index contributed by atoms with van der Waals surface area (Å²) in [7, 11) is -3.90. The molecule has 0 unspecified atom stereocenters. The van der Waals surface area contributed by atoms with Gasteiger partial charge in [-0.2, -0.15) is 5.48 Å². The lowest BCUT2D eigenvalue weighted by molar-refractivity contribution is 0.0752. The topological polar surface area (TPSA) is 84.5 Å². The van der Waals surface area contributed by atoms with Gasteiger partial charge in [-0.25, -0.2) is 12.8 Å². The lowest BCUT2D eigenvalue weighted by atomic mass is 10.1. The van der Waals surface area contributed by atoms with Crippen molar-refractivity contribution in [2.75, 3.05) is 4.72 Å². The predicted octanol–water partition coefficient (Wildman–Crippen LogP) is 4.69. The molecule has 6 nitrogen and oxygen atoms in total. The fourth-order valence-electron chi connectivity index (χ4n) is 2.83. The molecular formula is C23H23FN2O4S. The fraction of sp³-hybridized carbons (Fsp3) is 0.174. The summed E-state index contributed by atoms with van der Waals surface area (Å²) < 4.78 is 41.6. The minimum absolute atomic E-state index is 0.0501. The SMILES string of the molecule is CCCCc1ccc(NS(=O)(=O)c2cccc(C(=O)NOc3ccccc3F)c2)cc1. The van der Waals surface area contributed by atoms with E-state index in [-0.39, 0.29) is 16.2 Å². The number of halogens is 1. The van der Waals surface area contributed by atoms with Crippen LogP contribution in [0.25, 0.3) is 0 Å². The number of carbonyl (C=O) groups is 1. The van der Waals surface area contributed by atoms with Gasteiger partial charge in [0.15, 0.2) is 11.6 Å². The lowest BCUT2D eigenvalue weighted by Gasteiger charge is -2.11. The first kappa shape index (κ1) is 22.3. The van der Waals surface area contributed by atoms with E-state index in [4.69, 9.17) is 4.84 Å². The highest BCUT2D eigenvalue weighted by molar-refractivity contribution is 7.92. The van der Waals surface area contributed by atoms with Crippen molar-refractivity contribution in [1.29, 1.82) is 0 Å². The highest BCUT2D eigenvalue weighted by Gasteiger charge is 2.17. The van der Waals surface area contributed by atoms with Crippen LogP contribution in [0, 0.1) is 5.82 Å². The summed E-state index contributed by atoms with van der Waals surface area (Å²) in [6.45, 7) is 2.11. The molecule has 0 heterocycles. The molecule has 3 rings (SSSR count). The first-order valence-corrected chi connectivity index (χ1v) is 11.3. The van der Waals surface area contributed by atoms with E-state index in [1.807, 2.05) is 12.1 Å². The van der Waals surface area contributed by atoms with Gasteiger partial charge in [0, 0.05) is 11.3 Å². The molecule has 0 radical (unpaired) electrons. The monoisotopic (exact) mass is 442 g/mol. The first-order valence-electron chi connectivity index (χ1n) is 9.82. The van der Waals surface area contributed by atoms with E-state index >= 15 is 0 Å². The molecule has 1 amide bonds. The van der Waals surface area contributed by atoms with Crippen LogP contribution in [-0.4, -0.2) is 14.3 Å². The quantitative estimate of drug-likeness (QED) is 0.471. The van der Waals surface area contributed by atoms with Crippen LogP contribution in [-0.2, 0) is 16.4 Å². The number of carbonyl (C=O) groups excluding carboxylic acids is 1. The Morgan fingerprint density at radius 3 is 2.45 bits per heavy atom. The van der Waals surface area contributed by atoms with Crippen molar-refractivity contribution < 1.29 is 22.4 Å². The largest absolute Gasteiger partial charge is 0.376 e. The minimum Gasteiger partial charge on any atom is -0.376 e. The zero-order valence-corrected chi connectivity index (χ0v) is 17.8. The second-order valence-electron chi connectivity index (χ2n) is 6.90. The highest BCUT2D eigenvalue weighted by atomic mass is 32.2. The molecule has 2 N–H and O–H groups in total. The number of aryl methyl sites for hydroxylation is 1. The van der Waals surface area contributed by atoms with Gasteiger partial charge in [-0.05, 0) is 60.9 Å². The molecule has 3 aromatic rings. The van der Waals surface area contributed by atoms with Gasteiger partial charge in [-0.1, -0.05) is 43.7 Å². The Kier molecular flexibility index (Phi) is 7.25. The number of hydroxylamine groups is 1. The van der Waals surface area contributed by atoms with Crippen molar-refractivity contribution in [2.45, 2.75) is 31.1 Å². The Morgan fingerprint density at radius 2 is 1.74 bits per heavy atom. The number of hydrogen-bond donors (Lipinski definition) is 2. The van der Waals surface area contributed by atoms with Gasteiger partial charge in [-0.3, -0.25) is 9.52 Å².